The van der Waals surface area contributed by atoms with Gasteiger partial charge in [0.25, 0.3) is 0 Å². The molecule has 0 saturated carbocycles. The van der Waals surface area contributed by atoms with Crippen LogP contribution in [0.1, 0.15) is 76.6 Å². The number of aryl methyl sites for hydroxylation is 2. The maximum Gasteiger partial charge on any atom is 0.0784 e. The molecular formula is C38H49ClN6. The molecule has 0 aliphatic heterocycles. The van der Waals surface area contributed by atoms with E-state index in [1.54, 1.807) is 0 Å². The third-order valence-corrected chi connectivity index (χ3v) is 9.02. The lowest BCUT2D eigenvalue weighted by atomic mass is 10.1. The summed E-state index contributed by atoms with van der Waals surface area (Å²) in [6.45, 7) is 10.3. The summed E-state index contributed by atoms with van der Waals surface area (Å²) < 4.78 is 4.98. The zero-order valence-corrected chi connectivity index (χ0v) is 27.8. The predicted octanol–water partition coefficient (Wildman–Crippen LogP) is 9.15. The second kappa shape index (κ2) is 16.2. The van der Waals surface area contributed by atoms with Crippen molar-refractivity contribution < 1.29 is 0 Å². The van der Waals surface area contributed by atoms with Crippen LogP contribution < -0.4 is 10.6 Å². The molecule has 2 aromatic carbocycles. The fourth-order valence-corrected chi connectivity index (χ4v) is 6.77. The second-order valence-corrected chi connectivity index (χ2v) is 12.1. The van der Waals surface area contributed by atoms with Gasteiger partial charge < -0.3 is 19.8 Å². The molecule has 6 aromatic rings. The van der Waals surface area contributed by atoms with Crippen molar-refractivity contribution in [3.05, 3.63) is 84.4 Å². The smallest absolute Gasteiger partial charge is 0.0784 e. The molecule has 7 heteroatoms. The van der Waals surface area contributed by atoms with Gasteiger partial charge in [-0.05, 0) is 63.0 Å². The van der Waals surface area contributed by atoms with Crippen LogP contribution in [0.4, 0.5) is 0 Å². The van der Waals surface area contributed by atoms with Crippen LogP contribution in [0, 0.1) is 0 Å². The minimum Gasteiger partial charge on any atom is -0.339 e. The number of rotatable bonds is 17. The first-order chi connectivity index (χ1) is 21.8. The van der Waals surface area contributed by atoms with Crippen LogP contribution in [0.25, 0.3) is 43.6 Å². The largest absolute Gasteiger partial charge is 0.339 e. The van der Waals surface area contributed by atoms with E-state index in [9.17, 15) is 0 Å². The summed E-state index contributed by atoms with van der Waals surface area (Å²) in [6.07, 6.45) is 13.5. The van der Waals surface area contributed by atoms with Crippen LogP contribution in [0.2, 0.25) is 0 Å². The Morgan fingerprint density at radius 3 is 1.42 bits per heavy atom. The summed E-state index contributed by atoms with van der Waals surface area (Å²) >= 11 is 0. The molecule has 0 amide bonds. The van der Waals surface area contributed by atoms with Gasteiger partial charge in [0, 0.05) is 71.2 Å². The number of fused-ring (bicyclic) bond motifs is 6. The van der Waals surface area contributed by atoms with Crippen LogP contribution in [-0.4, -0.2) is 32.2 Å². The summed E-state index contributed by atoms with van der Waals surface area (Å²) in [5.41, 5.74) is 7.58. The number of aromatic nitrogens is 4. The van der Waals surface area contributed by atoms with Crippen molar-refractivity contribution in [1.82, 2.24) is 29.7 Å². The van der Waals surface area contributed by atoms with E-state index in [-0.39, 0.29) is 12.4 Å². The lowest BCUT2D eigenvalue weighted by Gasteiger charge is -2.11. The number of pyridine rings is 2. The standard InChI is InChI=1S/C38H48N6.ClH/c1-3-5-25-43-35-17-11-9-15-29(35)31-19-23-41-33(37(31)43)27-39-21-13-7-8-14-22-40-28-34-38-32(20-24-42-34)30-16-10-12-18-36(30)44(38)26-6-4-2;/h9-12,15-20,23-24,39-40H,3-8,13-14,21-22,25-28H2,1-2H3;1H. The number of nitrogens with one attached hydrogen (secondary N) is 2. The third-order valence-electron chi connectivity index (χ3n) is 9.02. The van der Waals surface area contributed by atoms with Crippen molar-refractivity contribution in [3.63, 3.8) is 0 Å². The highest BCUT2D eigenvalue weighted by atomic mass is 35.5. The minimum absolute atomic E-state index is 0. The average Bonchev–Trinajstić information content (AvgIpc) is 3.57. The van der Waals surface area contributed by atoms with Gasteiger partial charge in [0.05, 0.1) is 22.4 Å². The second-order valence-electron chi connectivity index (χ2n) is 12.1. The number of para-hydroxylation sites is 2. The van der Waals surface area contributed by atoms with Crippen molar-refractivity contribution in [2.75, 3.05) is 13.1 Å². The Morgan fingerprint density at radius 1 is 0.533 bits per heavy atom. The van der Waals surface area contributed by atoms with E-state index in [0.717, 1.165) is 50.7 Å². The molecule has 238 valence electrons. The quantitative estimate of drug-likeness (QED) is 0.0993. The zero-order chi connectivity index (χ0) is 30.1. The predicted molar refractivity (Wildman–Crippen MR) is 193 cm³/mol. The molecule has 0 bridgehead atoms. The number of hydrogen-bond donors (Lipinski definition) is 2. The van der Waals surface area contributed by atoms with Gasteiger partial charge >= 0.3 is 0 Å². The van der Waals surface area contributed by atoms with E-state index >= 15 is 0 Å². The minimum atomic E-state index is 0. The summed E-state index contributed by atoms with van der Waals surface area (Å²) in [6, 6.07) is 21.9. The Morgan fingerprint density at radius 2 is 0.978 bits per heavy atom. The first kappa shape index (κ1) is 32.9. The van der Waals surface area contributed by atoms with Crippen molar-refractivity contribution in [2.24, 2.45) is 0 Å². The number of hydrogen-bond acceptors (Lipinski definition) is 4. The van der Waals surface area contributed by atoms with Gasteiger partial charge in [-0.1, -0.05) is 75.9 Å². The van der Waals surface area contributed by atoms with Crippen LogP contribution in [0.5, 0.6) is 0 Å². The molecule has 0 spiro atoms. The number of benzene rings is 2. The highest BCUT2D eigenvalue weighted by Crippen LogP contribution is 2.32. The van der Waals surface area contributed by atoms with E-state index in [4.69, 9.17) is 9.97 Å². The lowest BCUT2D eigenvalue weighted by molar-refractivity contribution is 0.559. The normalized spacial score (nSPS) is 11.7. The molecule has 0 atom stereocenters. The van der Waals surface area contributed by atoms with E-state index in [2.05, 4.69) is 94.3 Å². The molecule has 0 radical (unpaired) electrons. The summed E-state index contributed by atoms with van der Waals surface area (Å²) in [5, 5.41) is 12.7. The molecule has 4 heterocycles. The van der Waals surface area contributed by atoms with E-state index in [1.165, 1.54) is 95.0 Å². The van der Waals surface area contributed by atoms with Gasteiger partial charge in [0.1, 0.15) is 0 Å². The number of nitrogens with zero attached hydrogens (tertiary/aromatic N) is 4. The van der Waals surface area contributed by atoms with Crippen LogP contribution in [-0.2, 0) is 26.2 Å². The Balaban J connectivity index is 0.00000400. The summed E-state index contributed by atoms with van der Waals surface area (Å²) in [7, 11) is 0. The first-order valence-corrected chi connectivity index (χ1v) is 16.9. The molecule has 0 unspecified atom stereocenters. The third kappa shape index (κ3) is 7.19. The Kier molecular flexibility index (Phi) is 11.9. The molecule has 4 aromatic heterocycles. The Bertz CT molecular complexity index is 1690. The zero-order valence-electron chi connectivity index (χ0n) is 27.0. The topological polar surface area (TPSA) is 59.7 Å². The number of unbranched alkanes of at least 4 members (excludes halogenated alkanes) is 5. The van der Waals surface area contributed by atoms with Gasteiger partial charge in [-0.3, -0.25) is 9.97 Å². The van der Waals surface area contributed by atoms with Gasteiger partial charge in [-0.25, -0.2) is 0 Å². The fraction of sp³-hybridized carbons (Fsp3) is 0.421. The van der Waals surface area contributed by atoms with Gasteiger partial charge in [0.2, 0.25) is 0 Å². The van der Waals surface area contributed by atoms with Crippen molar-refractivity contribution in [1.29, 1.82) is 0 Å². The maximum absolute atomic E-state index is 4.82. The van der Waals surface area contributed by atoms with Gasteiger partial charge in [-0.15, -0.1) is 12.4 Å². The first-order valence-electron chi connectivity index (χ1n) is 16.9. The molecule has 2 N–H and O–H groups in total. The average molecular weight is 625 g/mol. The molecule has 0 fully saturated rings. The maximum atomic E-state index is 4.82. The van der Waals surface area contributed by atoms with Crippen molar-refractivity contribution in [2.45, 2.75) is 91.4 Å². The van der Waals surface area contributed by atoms with E-state index < -0.39 is 0 Å². The highest BCUT2D eigenvalue weighted by molar-refractivity contribution is 6.09. The van der Waals surface area contributed by atoms with E-state index in [0.29, 0.717) is 0 Å². The van der Waals surface area contributed by atoms with Crippen molar-refractivity contribution >= 4 is 56.0 Å². The molecular weight excluding hydrogens is 576 g/mol. The highest BCUT2D eigenvalue weighted by Gasteiger charge is 2.15. The molecule has 45 heavy (non-hydrogen) atoms. The molecule has 0 aliphatic rings. The lowest BCUT2D eigenvalue weighted by Crippen LogP contribution is -2.17. The Hall–Kier alpha value is -3.45. The molecule has 0 saturated heterocycles. The Labute approximate surface area is 274 Å². The monoisotopic (exact) mass is 624 g/mol. The van der Waals surface area contributed by atoms with Crippen LogP contribution >= 0.6 is 12.4 Å². The van der Waals surface area contributed by atoms with Gasteiger partial charge in [-0.2, -0.15) is 0 Å². The van der Waals surface area contributed by atoms with E-state index in [1.807, 2.05) is 12.4 Å². The summed E-state index contributed by atoms with van der Waals surface area (Å²) in [5.74, 6) is 0. The fourth-order valence-electron chi connectivity index (χ4n) is 6.77. The molecule has 6 rings (SSSR count). The van der Waals surface area contributed by atoms with Crippen molar-refractivity contribution in [3.8, 4) is 0 Å². The van der Waals surface area contributed by atoms with Crippen LogP contribution in [0.3, 0.4) is 0 Å². The van der Waals surface area contributed by atoms with Gasteiger partial charge in [0.15, 0.2) is 0 Å². The SMILES string of the molecule is CCCCn1c2ccccc2c2ccnc(CNCCCCCCNCc3nccc4c5ccccc5n(CCCC)c34)c21.Cl. The number of halogens is 1. The van der Waals surface area contributed by atoms with Crippen LogP contribution in [0.15, 0.2) is 73.1 Å². The molecule has 6 nitrogen and oxygen atoms in total. The molecule has 0 aliphatic carbocycles. The summed E-state index contributed by atoms with van der Waals surface area (Å²) in [4.78, 5) is 9.63.